The van der Waals surface area contributed by atoms with Crippen molar-refractivity contribution in [1.29, 1.82) is 0 Å². The molecular weight excluding hydrogens is 392 g/mol. The van der Waals surface area contributed by atoms with Gasteiger partial charge in [0, 0.05) is 41.8 Å². The Balaban J connectivity index is 1.60. The highest BCUT2D eigenvalue weighted by Gasteiger charge is 2.41. The van der Waals surface area contributed by atoms with Crippen molar-refractivity contribution in [1.82, 2.24) is 25.5 Å². The summed E-state index contributed by atoms with van der Waals surface area (Å²) < 4.78 is 0. The minimum Gasteiger partial charge on any atom is -0.339 e. The number of aromatic nitrogens is 2. The first-order valence-electron chi connectivity index (χ1n) is 11.3. The van der Waals surface area contributed by atoms with Crippen LogP contribution in [0.3, 0.4) is 0 Å². The molecule has 8 heteroatoms. The Morgan fingerprint density at radius 2 is 1.87 bits per heavy atom. The van der Waals surface area contributed by atoms with Crippen LogP contribution in [0.5, 0.6) is 0 Å². The molecule has 31 heavy (non-hydrogen) atoms. The molecule has 2 amide bonds. The molecule has 3 rings (SSSR count). The van der Waals surface area contributed by atoms with Gasteiger partial charge in [-0.25, -0.2) is 9.97 Å². The third-order valence-corrected chi connectivity index (χ3v) is 6.00. The SMILES string of the molecule is CC(C)(C)N[C@@H]1CC[C@H](N2CC[C@H](NC(=O)c3ccnc(C(C)(C)C)n3)C2=O)[C@@H](N)C1. The number of likely N-dealkylation sites (tertiary alicyclic amines) is 1. The Bertz CT molecular complexity index is 813. The van der Waals surface area contributed by atoms with Gasteiger partial charge in [0.2, 0.25) is 5.91 Å². The van der Waals surface area contributed by atoms with Crippen molar-refractivity contribution in [3.63, 3.8) is 0 Å². The molecule has 1 saturated carbocycles. The van der Waals surface area contributed by atoms with Crippen LogP contribution in [-0.2, 0) is 10.2 Å². The highest BCUT2D eigenvalue weighted by Crippen LogP contribution is 2.27. The zero-order chi connectivity index (χ0) is 23.0. The van der Waals surface area contributed by atoms with Gasteiger partial charge < -0.3 is 21.3 Å². The number of amides is 2. The van der Waals surface area contributed by atoms with E-state index >= 15 is 0 Å². The average Bonchev–Trinajstić information content (AvgIpc) is 3.00. The topological polar surface area (TPSA) is 113 Å². The molecule has 1 aromatic rings. The van der Waals surface area contributed by atoms with E-state index in [1.54, 1.807) is 12.3 Å². The lowest BCUT2D eigenvalue weighted by molar-refractivity contribution is -0.132. The Hall–Kier alpha value is -2.06. The highest BCUT2D eigenvalue weighted by atomic mass is 16.2. The molecule has 0 aromatic carbocycles. The van der Waals surface area contributed by atoms with Crippen LogP contribution in [-0.4, -0.2) is 62.9 Å². The second kappa shape index (κ2) is 8.82. The van der Waals surface area contributed by atoms with Crippen LogP contribution in [0.15, 0.2) is 12.3 Å². The van der Waals surface area contributed by atoms with Crippen molar-refractivity contribution in [3.05, 3.63) is 23.8 Å². The van der Waals surface area contributed by atoms with E-state index in [1.165, 1.54) is 0 Å². The van der Waals surface area contributed by atoms with Gasteiger partial charge in [0.25, 0.3) is 5.91 Å². The van der Waals surface area contributed by atoms with Crippen molar-refractivity contribution in [3.8, 4) is 0 Å². The number of hydrogen-bond donors (Lipinski definition) is 3. The van der Waals surface area contributed by atoms with Crippen LogP contribution in [0, 0.1) is 0 Å². The number of carbonyl (C=O) groups excluding carboxylic acids is 2. The molecule has 0 radical (unpaired) electrons. The van der Waals surface area contributed by atoms with E-state index in [0.29, 0.717) is 24.8 Å². The van der Waals surface area contributed by atoms with E-state index in [9.17, 15) is 9.59 Å². The molecule has 8 nitrogen and oxygen atoms in total. The van der Waals surface area contributed by atoms with Gasteiger partial charge in [0.1, 0.15) is 17.6 Å². The largest absolute Gasteiger partial charge is 0.339 e. The monoisotopic (exact) mass is 430 g/mol. The molecular formula is C23H38N6O2. The average molecular weight is 431 g/mol. The maximum Gasteiger partial charge on any atom is 0.270 e. The van der Waals surface area contributed by atoms with E-state index in [4.69, 9.17) is 5.73 Å². The van der Waals surface area contributed by atoms with Crippen LogP contribution in [0.4, 0.5) is 0 Å². The molecule has 0 bridgehead atoms. The summed E-state index contributed by atoms with van der Waals surface area (Å²) in [6.45, 7) is 13.1. The fraction of sp³-hybridized carbons (Fsp3) is 0.739. The van der Waals surface area contributed by atoms with Gasteiger partial charge in [-0.15, -0.1) is 0 Å². The first-order chi connectivity index (χ1) is 14.3. The van der Waals surface area contributed by atoms with Gasteiger partial charge in [-0.1, -0.05) is 20.8 Å². The number of rotatable bonds is 4. The van der Waals surface area contributed by atoms with Crippen LogP contribution in [0.1, 0.15) is 83.5 Å². The van der Waals surface area contributed by atoms with Crippen molar-refractivity contribution in [2.24, 2.45) is 5.73 Å². The molecule has 2 fully saturated rings. The van der Waals surface area contributed by atoms with E-state index in [0.717, 1.165) is 19.3 Å². The molecule has 1 aromatic heterocycles. The van der Waals surface area contributed by atoms with Gasteiger partial charge in [-0.3, -0.25) is 9.59 Å². The smallest absolute Gasteiger partial charge is 0.270 e. The number of nitrogens with one attached hydrogen (secondary N) is 2. The van der Waals surface area contributed by atoms with Crippen molar-refractivity contribution in [2.75, 3.05) is 6.54 Å². The quantitative estimate of drug-likeness (QED) is 0.671. The minimum atomic E-state index is -0.529. The van der Waals surface area contributed by atoms with E-state index in [-0.39, 0.29) is 40.5 Å². The normalized spacial score (nSPS) is 27.5. The summed E-state index contributed by atoms with van der Waals surface area (Å²) in [7, 11) is 0. The van der Waals surface area contributed by atoms with Gasteiger partial charge in [0.15, 0.2) is 0 Å². The lowest BCUT2D eigenvalue weighted by Crippen LogP contribution is -2.57. The summed E-state index contributed by atoms with van der Waals surface area (Å²) in [5.74, 6) is 0.225. The predicted octanol–water partition coefficient (Wildman–Crippen LogP) is 1.74. The number of hydrogen-bond acceptors (Lipinski definition) is 6. The molecule has 172 valence electrons. The lowest BCUT2D eigenvalue weighted by atomic mass is 9.85. The van der Waals surface area contributed by atoms with Gasteiger partial charge in [-0.2, -0.15) is 0 Å². The van der Waals surface area contributed by atoms with E-state index < -0.39 is 6.04 Å². The van der Waals surface area contributed by atoms with Gasteiger partial charge in [0.05, 0.1) is 0 Å². The fourth-order valence-corrected chi connectivity index (χ4v) is 4.56. The summed E-state index contributed by atoms with van der Waals surface area (Å²) in [5.41, 5.74) is 6.56. The summed E-state index contributed by atoms with van der Waals surface area (Å²) in [6.07, 6.45) is 4.90. The molecule has 4 N–H and O–H groups in total. The van der Waals surface area contributed by atoms with E-state index in [1.807, 2.05) is 25.7 Å². The summed E-state index contributed by atoms with van der Waals surface area (Å²) in [5, 5.41) is 6.50. The maximum atomic E-state index is 13.1. The lowest BCUT2D eigenvalue weighted by Gasteiger charge is -2.41. The third kappa shape index (κ3) is 5.80. The van der Waals surface area contributed by atoms with Crippen molar-refractivity contribution < 1.29 is 9.59 Å². The second-order valence-corrected chi connectivity index (χ2v) is 11.0. The minimum absolute atomic E-state index is 0.0268. The predicted molar refractivity (Wildman–Crippen MR) is 121 cm³/mol. The summed E-state index contributed by atoms with van der Waals surface area (Å²) >= 11 is 0. The molecule has 1 aliphatic heterocycles. The Morgan fingerprint density at radius 3 is 2.48 bits per heavy atom. The number of nitrogens with two attached hydrogens (primary N) is 1. The maximum absolute atomic E-state index is 13.1. The first kappa shape index (κ1) is 23.6. The Kier molecular flexibility index (Phi) is 6.72. The molecule has 0 spiro atoms. The highest BCUT2D eigenvalue weighted by molar-refractivity contribution is 5.96. The van der Waals surface area contributed by atoms with Gasteiger partial charge in [-0.05, 0) is 52.5 Å². The molecule has 4 atom stereocenters. The molecule has 1 aliphatic carbocycles. The zero-order valence-electron chi connectivity index (χ0n) is 19.7. The van der Waals surface area contributed by atoms with Crippen LogP contribution < -0.4 is 16.4 Å². The summed E-state index contributed by atoms with van der Waals surface area (Å²) in [6, 6.07) is 1.39. The summed E-state index contributed by atoms with van der Waals surface area (Å²) in [4.78, 5) is 36.3. The molecule has 1 saturated heterocycles. The number of carbonyl (C=O) groups is 2. The molecule has 0 unspecified atom stereocenters. The second-order valence-electron chi connectivity index (χ2n) is 11.0. The van der Waals surface area contributed by atoms with Crippen LogP contribution in [0.25, 0.3) is 0 Å². The fourth-order valence-electron chi connectivity index (χ4n) is 4.56. The van der Waals surface area contributed by atoms with Crippen LogP contribution >= 0.6 is 0 Å². The standard InChI is InChI=1S/C23H38N6O2/c1-22(2,3)21-25-11-9-16(27-21)19(30)26-17-10-12-29(20(17)31)18-8-7-14(13-15(18)24)28-23(4,5)6/h9,11,14-15,17-18,28H,7-8,10,12-13,24H2,1-6H3,(H,26,30)/t14-,15+,17+,18+/m1/s1. The van der Waals surface area contributed by atoms with Gasteiger partial charge >= 0.3 is 0 Å². The molecule has 2 heterocycles. The van der Waals surface area contributed by atoms with Crippen LogP contribution in [0.2, 0.25) is 0 Å². The van der Waals surface area contributed by atoms with E-state index in [2.05, 4.69) is 41.4 Å². The third-order valence-electron chi connectivity index (χ3n) is 6.00. The van der Waals surface area contributed by atoms with Crippen molar-refractivity contribution in [2.45, 2.75) is 102 Å². The first-order valence-corrected chi connectivity index (χ1v) is 11.3. The zero-order valence-corrected chi connectivity index (χ0v) is 19.7. The number of nitrogens with zero attached hydrogens (tertiary/aromatic N) is 3. The molecule has 2 aliphatic rings. The Morgan fingerprint density at radius 1 is 1.16 bits per heavy atom. The Labute approximate surface area is 185 Å². The van der Waals surface area contributed by atoms with Crippen molar-refractivity contribution >= 4 is 11.8 Å².